The monoisotopic (exact) mass is 469 g/mol. The van der Waals surface area contributed by atoms with Crippen LogP contribution in [-0.2, 0) is 4.79 Å². The molecule has 2 heterocycles. The van der Waals surface area contributed by atoms with Crippen molar-refractivity contribution in [1.29, 1.82) is 0 Å². The second kappa shape index (κ2) is 9.24. The van der Waals surface area contributed by atoms with Crippen LogP contribution < -0.4 is 5.32 Å². The van der Waals surface area contributed by atoms with Gasteiger partial charge in [0.05, 0.1) is 11.3 Å². The second-order valence-corrected chi connectivity index (χ2v) is 8.39. The minimum atomic E-state index is -1.01. The maximum Gasteiger partial charge on any atom is 0.335 e. The number of rotatable bonds is 7. The zero-order chi connectivity index (χ0) is 23.5. The standard InChI is InChI=1S/C25H19N5O3S/c31-22(27-17-12-10-16(11-13-17)24(32)33)15-34-25-29-28-23(30(25)18-6-2-1-3-7-18)20-14-26-21-9-5-4-8-19(20)21/h1-14,26H,15H2,(H,27,31)(H,32,33). The summed E-state index contributed by atoms with van der Waals surface area (Å²) in [5.74, 6) is -0.459. The number of hydrogen-bond donors (Lipinski definition) is 3. The van der Waals surface area contributed by atoms with Crippen molar-refractivity contribution in [2.24, 2.45) is 0 Å². The fraction of sp³-hybridized carbons (Fsp3) is 0.0400. The van der Waals surface area contributed by atoms with E-state index in [1.54, 1.807) is 12.1 Å². The normalized spacial score (nSPS) is 10.9. The van der Waals surface area contributed by atoms with Crippen LogP contribution in [0.25, 0.3) is 28.0 Å². The first-order chi connectivity index (χ1) is 16.6. The van der Waals surface area contributed by atoms with Crippen molar-refractivity contribution in [3.63, 3.8) is 0 Å². The predicted octanol–water partition coefficient (Wildman–Crippen LogP) is 4.84. The van der Waals surface area contributed by atoms with Crippen molar-refractivity contribution < 1.29 is 14.7 Å². The quantitative estimate of drug-likeness (QED) is 0.294. The Morgan fingerprint density at radius 3 is 2.44 bits per heavy atom. The summed E-state index contributed by atoms with van der Waals surface area (Å²) in [6, 6.07) is 23.8. The van der Waals surface area contributed by atoms with Gasteiger partial charge in [-0.25, -0.2) is 4.79 Å². The maximum absolute atomic E-state index is 12.6. The Morgan fingerprint density at radius 1 is 0.941 bits per heavy atom. The van der Waals surface area contributed by atoms with E-state index in [1.165, 1.54) is 23.9 Å². The number of carboxylic acids is 1. The smallest absolute Gasteiger partial charge is 0.335 e. The number of anilines is 1. The van der Waals surface area contributed by atoms with Crippen molar-refractivity contribution in [1.82, 2.24) is 19.7 Å². The summed E-state index contributed by atoms with van der Waals surface area (Å²) in [6.07, 6.45) is 1.91. The van der Waals surface area contributed by atoms with Gasteiger partial charge in [0.25, 0.3) is 0 Å². The van der Waals surface area contributed by atoms with E-state index in [4.69, 9.17) is 5.11 Å². The molecule has 0 fully saturated rings. The zero-order valence-corrected chi connectivity index (χ0v) is 18.6. The fourth-order valence-corrected chi connectivity index (χ4v) is 4.38. The minimum Gasteiger partial charge on any atom is -0.478 e. The second-order valence-electron chi connectivity index (χ2n) is 7.44. The van der Waals surface area contributed by atoms with Gasteiger partial charge in [0.2, 0.25) is 5.91 Å². The molecule has 0 atom stereocenters. The Labute approximate surface area is 198 Å². The molecule has 0 saturated heterocycles. The number of aromatic amines is 1. The number of amides is 1. The Morgan fingerprint density at radius 2 is 1.68 bits per heavy atom. The minimum absolute atomic E-state index is 0.111. The molecule has 2 aromatic heterocycles. The van der Waals surface area contributed by atoms with Crippen LogP contribution in [0.2, 0.25) is 0 Å². The fourth-order valence-electron chi connectivity index (χ4n) is 3.63. The van der Waals surface area contributed by atoms with Gasteiger partial charge in [0, 0.05) is 34.0 Å². The lowest BCUT2D eigenvalue weighted by Gasteiger charge is -2.10. The summed E-state index contributed by atoms with van der Waals surface area (Å²) in [4.78, 5) is 26.8. The van der Waals surface area contributed by atoms with Gasteiger partial charge < -0.3 is 15.4 Å². The molecule has 34 heavy (non-hydrogen) atoms. The number of fused-ring (bicyclic) bond motifs is 1. The molecule has 0 bridgehead atoms. The van der Waals surface area contributed by atoms with E-state index >= 15 is 0 Å². The van der Waals surface area contributed by atoms with Gasteiger partial charge in [-0.3, -0.25) is 9.36 Å². The van der Waals surface area contributed by atoms with Gasteiger partial charge >= 0.3 is 5.97 Å². The molecule has 0 unspecified atom stereocenters. The van der Waals surface area contributed by atoms with E-state index in [2.05, 4.69) is 20.5 Å². The van der Waals surface area contributed by atoms with Crippen LogP contribution in [0, 0.1) is 0 Å². The molecule has 5 aromatic rings. The summed E-state index contributed by atoms with van der Waals surface area (Å²) < 4.78 is 1.94. The Hall–Kier alpha value is -4.37. The van der Waals surface area contributed by atoms with Crippen molar-refractivity contribution in [2.75, 3.05) is 11.1 Å². The lowest BCUT2D eigenvalue weighted by atomic mass is 10.1. The number of carboxylic acid groups (broad SMARTS) is 1. The van der Waals surface area contributed by atoms with Gasteiger partial charge in [-0.05, 0) is 42.5 Å². The molecule has 0 spiro atoms. The van der Waals surface area contributed by atoms with Crippen molar-refractivity contribution in [2.45, 2.75) is 5.16 Å². The summed E-state index contributed by atoms with van der Waals surface area (Å²) >= 11 is 1.27. The SMILES string of the molecule is O=C(CSc1nnc(-c2c[nH]c3ccccc23)n1-c1ccccc1)Nc1ccc(C(=O)O)cc1. The van der Waals surface area contributed by atoms with Gasteiger partial charge in [0.1, 0.15) is 0 Å². The topological polar surface area (TPSA) is 113 Å². The average Bonchev–Trinajstić information content (AvgIpc) is 3.47. The number of hydrogen-bond acceptors (Lipinski definition) is 5. The molecule has 0 aliphatic heterocycles. The average molecular weight is 470 g/mol. The van der Waals surface area contributed by atoms with Gasteiger partial charge in [-0.2, -0.15) is 0 Å². The highest BCUT2D eigenvalue weighted by molar-refractivity contribution is 7.99. The lowest BCUT2D eigenvalue weighted by Crippen LogP contribution is -2.14. The van der Waals surface area contributed by atoms with E-state index < -0.39 is 5.97 Å². The number of thioether (sulfide) groups is 1. The summed E-state index contributed by atoms with van der Waals surface area (Å²) in [6.45, 7) is 0. The van der Waals surface area contributed by atoms with Crippen molar-refractivity contribution >= 4 is 40.2 Å². The number of nitrogens with zero attached hydrogens (tertiary/aromatic N) is 3. The zero-order valence-electron chi connectivity index (χ0n) is 17.8. The van der Waals surface area contributed by atoms with Crippen LogP contribution in [0.15, 0.2) is 90.2 Å². The summed E-state index contributed by atoms with van der Waals surface area (Å²) in [7, 11) is 0. The van der Waals surface area contributed by atoms with Crippen LogP contribution in [0.4, 0.5) is 5.69 Å². The summed E-state index contributed by atoms with van der Waals surface area (Å²) in [5, 5.41) is 22.2. The lowest BCUT2D eigenvalue weighted by molar-refractivity contribution is -0.113. The molecule has 8 nitrogen and oxygen atoms in total. The molecule has 3 N–H and O–H groups in total. The number of H-pyrrole nitrogens is 1. The molecule has 0 saturated carbocycles. The van der Waals surface area contributed by atoms with E-state index in [-0.39, 0.29) is 17.2 Å². The van der Waals surface area contributed by atoms with E-state index in [9.17, 15) is 9.59 Å². The largest absolute Gasteiger partial charge is 0.478 e. The molecular weight excluding hydrogens is 450 g/mol. The van der Waals surface area contributed by atoms with Crippen molar-refractivity contribution in [3.05, 3.63) is 90.6 Å². The Balaban J connectivity index is 1.41. The number of carbonyl (C=O) groups excluding carboxylic acids is 1. The van der Waals surface area contributed by atoms with Gasteiger partial charge in [-0.1, -0.05) is 48.2 Å². The summed E-state index contributed by atoms with van der Waals surface area (Å²) in [5.41, 5.74) is 3.50. The van der Waals surface area contributed by atoms with Crippen LogP contribution in [0.1, 0.15) is 10.4 Å². The molecule has 0 radical (unpaired) electrons. The van der Waals surface area contributed by atoms with Crippen LogP contribution in [0.5, 0.6) is 0 Å². The number of nitrogens with one attached hydrogen (secondary N) is 2. The molecule has 0 aliphatic rings. The number of benzene rings is 3. The van der Waals surface area contributed by atoms with E-state index in [1.807, 2.05) is 65.4 Å². The number of aromatic carboxylic acids is 1. The first-order valence-electron chi connectivity index (χ1n) is 10.4. The molecule has 3 aromatic carbocycles. The number of para-hydroxylation sites is 2. The highest BCUT2D eigenvalue weighted by atomic mass is 32.2. The first-order valence-corrected chi connectivity index (χ1v) is 11.4. The van der Waals surface area contributed by atoms with Gasteiger partial charge in [-0.15, -0.1) is 10.2 Å². The van der Waals surface area contributed by atoms with Crippen LogP contribution in [-0.4, -0.2) is 42.5 Å². The van der Waals surface area contributed by atoms with E-state index in [0.29, 0.717) is 16.7 Å². The molecular formula is C25H19N5O3S. The molecule has 1 amide bonds. The molecule has 5 rings (SSSR count). The third kappa shape index (κ3) is 4.28. The molecule has 9 heteroatoms. The van der Waals surface area contributed by atoms with Crippen LogP contribution in [0.3, 0.4) is 0 Å². The third-order valence-corrected chi connectivity index (χ3v) is 6.15. The Kier molecular flexibility index (Phi) is 5.84. The first kappa shape index (κ1) is 21.5. The highest BCUT2D eigenvalue weighted by Gasteiger charge is 2.19. The maximum atomic E-state index is 12.6. The highest BCUT2D eigenvalue weighted by Crippen LogP contribution is 2.32. The van der Waals surface area contributed by atoms with Crippen LogP contribution >= 0.6 is 11.8 Å². The van der Waals surface area contributed by atoms with E-state index in [0.717, 1.165) is 22.2 Å². The number of carbonyl (C=O) groups is 2. The van der Waals surface area contributed by atoms with Crippen molar-refractivity contribution in [3.8, 4) is 17.1 Å². The molecule has 0 aliphatic carbocycles. The predicted molar refractivity (Wildman–Crippen MR) is 131 cm³/mol. The third-order valence-electron chi connectivity index (χ3n) is 5.23. The van der Waals surface area contributed by atoms with Gasteiger partial charge in [0.15, 0.2) is 11.0 Å². The Bertz CT molecular complexity index is 1480. The number of aromatic nitrogens is 4. The molecule has 168 valence electrons.